The molecule has 29 valence electrons. The fourth-order valence-electron chi connectivity index (χ4n) is 0. The van der Waals surface area contributed by atoms with Gasteiger partial charge < -0.3 is 18.0 Å². The van der Waals surface area contributed by atoms with Crippen molar-refractivity contribution in [2.45, 2.75) is 0 Å². The fourth-order valence-corrected chi connectivity index (χ4v) is 0. The van der Waals surface area contributed by atoms with E-state index in [0.29, 0.717) is 0 Å². The molecule has 0 saturated carbocycles. The quantitative estimate of drug-likeness (QED) is 0.401. The molecule has 5 heavy (non-hydrogen) atoms. The van der Waals surface area contributed by atoms with Crippen LogP contribution in [0.5, 0.6) is 0 Å². The van der Waals surface area contributed by atoms with Crippen LogP contribution in [0.1, 0.15) is 0 Å². The van der Waals surface area contributed by atoms with Crippen molar-refractivity contribution in [3.8, 4) is 0 Å². The van der Waals surface area contributed by atoms with E-state index in [1.807, 2.05) is 0 Å². The largest absolute Gasteiger partial charge is 3.00 e. The first-order valence-corrected chi connectivity index (χ1v) is 0.224. The molecule has 0 amide bonds. The second-order valence-corrected chi connectivity index (χ2v) is 0. The Morgan fingerprint density at radius 2 is 1.20 bits per heavy atom. The third kappa shape index (κ3) is 116. The zero-order valence-corrected chi connectivity index (χ0v) is 4.86. The van der Waals surface area contributed by atoms with E-state index < -0.39 is 0 Å². The third-order valence-corrected chi connectivity index (χ3v) is 0. The van der Waals surface area contributed by atoms with Gasteiger partial charge >= 0.3 is 34.1 Å². The summed E-state index contributed by atoms with van der Waals surface area (Å²) in [5, 5.41) is 6.25. The third-order valence-electron chi connectivity index (χ3n) is 0. The maximum absolute atomic E-state index is 6.25. The Balaban J connectivity index is -0.00000000167. The minimum Gasteiger partial charge on any atom is -0.512 e. The van der Waals surface area contributed by atoms with Crippen LogP contribution in [0.15, 0.2) is 0 Å². The Kier molecular flexibility index (Phi) is 2280. The van der Waals surface area contributed by atoms with Crippen LogP contribution in [0.4, 0.5) is 0 Å². The summed E-state index contributed by atoms with van der Waals surface area (Å²) in [4.78, 5) is 0. The van der Waals surface area contributed by atoms with Gasteiger partial charge in [-0.3, -0.25) is 0 Å². The van der Waals surface area contributed by atoms with Crippen LogP contribution < -0.4 is 6.15 Å². The van der Waals surface area contributed by atoms with E-state index in [1.165, 1.54) is 0 Å². The van der Waals surface area contributed by atoms with Crippen LogP contribution in [-0.4, -0.2) is 0 Å². The van der Waals surface area contributed by atoms with Gasteiger partial charge in [0, 0.05) is 0 Å². The zero-order chi connectivity index (χ0) is 2.00. The van der Waals surface area contributed by atoms with Crippen molar-refractivity contribution in [2.24, 2.45) is 0 Å². The first-order valence-electron chi connectivity index (χ1n) is 0.224. The minimum atomic E-state index is 0. The van der Waals surface area contributed by atoms with E-state index in [2.05, 4.69) is 0 Å². The van der Waals surface area contributed by atoms with Crippen LogP contribution in [0.25, 0.3) is 0 Å². The molecule has 0 atom stereocenters. The predicted molar refractivity (Wildman–Crippen MR) is 11.0 cm³/mol. The molecule has 0 aliphatic carbocycles. The molecule has 0 fully saturated rings. The second kappa shape index (κ2) is 229. The van der Waals surface area contributed by atoms with Crippen LogP contribution in [0.3, 0.4) is 0 Å². The average molecular weight is 156 g/mol. The van der Waals surface area contributed by atoms with E-state index in [9.17, 15) is 0 Å². The van der Waals surface area contributed by atoms with Gasteiger partial charge in [-0.15, -0.1) is 0 Å². The SMILES string of the molecule is [C-]#N.[Fe+2].[Fe+3].[NH4+]. The van der Waals surface area contributed by atoms with Crippen LogP contribution >= 0.6 is 0 Å². The predicted octanol–water partition coefficient (Wildman–Crippen LogP) is 0.468. The molecule has 0 rings (SSSR count). The Morgan fingerprint density at radius 3 is 1.20 bits per heavy atom. The van der Waals surface area contributed by atoms with Gasteiger partial charge in [0.1, 0.15) is 0 Å². The molecule has 0 bridgehead atoms. The summed E-state index contributed by atoms with van der Waals surface area (Å²) in [7, 11) is 0. The van der Waals surface area contributed by atoms with Crippen molar-refractivity contribution in [3.63, 3.8) is 0 Å². The number of hydrogen-bond acceptors (Lipinski definition) is 1. The van der Waals surface area contributed by atoms with Crippen molar-refractivity contribution in [3.05, 3.63) is 6.57 Å². The fraction of sp³-hybridized carbons (Fsp3) is 0. The summed E-state index contributed by atoms with van der Waals surface area (Å²) < 4.78 is 0. The van der Waals surface area contributed by atoms with Gasteiger partial charge in [0.15, 0.2) is 0 Å². The van der Waals surface area contributed by atoms with Gasteiger partial charge in [-0.05, 0) is 0 Å². The summed E-state index contributed by atoms with van der Waals surface area (Å²) in [6.45, 7) is 4.75. The molecular formula is CH4Fe2N2+5. The Morgan fingerprint density at radius 1 is 1.20 bits per heavy atom. The standard InChI is InChI=1S/CN.2Fe.H3N/c1-2;;;/h;;;1H3/q-1;+2;+3;/p+1. The first kappa shape index (κ1) is 49.9. The molecule has 0 unspecified atom stereocenters. The summed E-state index contributed by atoms with van der Waals surface area (Å²) in [5.41, 5.74) is 0. The number of quaternary nitrogens is 1. The van der Waals surface area contributed by atoms with E-state index in [1.54, 1.807) is 0 Å². The molecule has 4 N–H and O–H groups in total. The van der Waals surface area contributed by atoms with Gasteiger partial charge in [-0.25, -0.2) is 0 Å². The molecule has 2 nitrogen and oxygen atoms in total. The monoisotopic (exact) mass is 156 g/mol. The molecule has 0 aliphatic heterocycles. The van der Waals surface area contributed by atoms with Crippen LogP contribution in [0.2, 0.25) is 0 Å². The summed E-state index contributed by atoms with van der Waals surface area (Å²) in [6, 6.07) is 0. The summed E-state index contributed by atoms with van der Waals surface area (Å²) in [6.07, 6.45) is 0. The van der Waals surface area contributed by atoms with Gasteiger partial charge in [0.2, 0.25) is 0 Å². The van der Waals surface area contributed by atoms with Crippen LogP contribution in [-0.2, 0) is 34.1 Å². The topological polar surface area (TPSA) is 60.3 Å². The molecule has 0 spiro atoms. The van der Waals surface area contributed by atoms with Crippen molar-refractivity contribution in [1.29, 1.82) is 5.26 Å². The van der Waals surface area contributed by atoms with Crippen molar-refractivity contribution < 1.29 is 34.1 Å². The molecular weight excluding hydrogens is 152 g/mol. The molecule has 0 aromatic carbocycles. The van der Waals surface area contributed by atoms with E-state index in [-0.39, 0.29) is 40.3 Å². The van der Waals surface area contributed by atoms with E-state index >= 15 is 0 Å². The Hall–Kier alpha value is 0.489. The molecule has 4 heteroatoms. The van der Waals surface area contributed by atoms with Crippen molar-refractivity contribution in [1.82, 2.24) is 6.15 Å². The molecule has 0 aromatic rings. The Labute approximate surface area is 52.5 Å². The number of nitrogens with zero attached hydrogens (tertiary/aromatic N) is 1. The van der Waals surface area contributed by atoms with Gasteiger partial charge in [0.25, 0.3) is 0 Å². The zero-order valence-electron chi connectivity index (χ0n) is 2.65. The van der Waals surface area contributed by atoms with Crippen molar-refractivity contribution >= 4 is 0 Å². The van der Waals surface area contributed by atoms with E-state index in [4.69, 9.17) is 11.8 Å². The Bertz CT molecular complexity index is 12.4. The summed E-state index contributed by atoms with van der Waals surface area (Å²) >= 11 is 0. The normalized spacial score (nSPS) is 0.400. The maximum atomic E-state index is 6.25. The number of hydrogen-bond donors (Lipinski definition) is 1. The number of rotatable bonds is 0. The molecule has 0 heterocycles. The first-order chi connectivity index (χ1) is 1.00. The molecule has 0 aliphatic rings. The average Bonchev–Trinajstić information content (AvgIpc) is 1.00. The van der Waals surface area contributed by atoms with Crippen molar-refractivity contribution in [2.75, 3.05) is 0 Å². The summed E-state index contributed by atoms with van der Waals surface area (Å²) in [5.74, 6) is 0. The van der Waals surface area contributed by atoms with Crippen LogP contribution in [0, 0.1) is 11.8 Å². The second-order valence-electron chi connectivity index (χ2n) is 0. The molecule has 0 aromatic heterocycles. The van der Waals surface area contributed by atoms with Gasteiger partial charge in [-0.1, -0.05) is 0 Å². The van der Waals surface area contributed by atoms with Gasteiger partial charge in [0.05, 0.1) is 0 Å². The minimum absolute atomic E-state index is 0. The molecule has 0 saturated heterocycles. The molecule has 1 radical (unpaired) electrons. The van der Waals surface area contributed by atoms with Gasteiger partial charge in [-0.2, -0.15) is 0 Å². The smallest absolute Gasteiger partial charge is 0.512 e. The van der Waals surface area contributed by atoms with E-state index in [0.717, 1.165) is 0 Å². The maximum Gasteiger partial charge on any atom is 3.00 e.